The molecule has 90 heavy (non-hydrogen) atoms. The van der Waals surface area contributed by atoms with Gasteiger partial charge in [-0.25, -0.2) is 43.9 Å². The van der Waals surface area contributed by atoms with E-state index in [-0.39, 0.29) is 22.5 Å². The monoisotopic (exact) mass is 1200 g/mol. The zero-order valence-corrected chi connectivity index (χ0v) is 47.3. The Morgan fingerprint density at radius 1 is 0.256 bits per heavy atom. The standard InChI is InChI=1S/C78H46F10N2/c1-3-45-13-21-49(22-14-45)77(51-37-71(83)75(87)72(84)38-51)63-11-7-5-9-59(63)61-33-29-55(41-65(61)77)89(57-31-35-67(79)69(81)43-57)53-25-17-47(18-26-53)48-19-27-54(28-20-48)90(58-32-36-68(80)70(82)44-58)56-30-34-62-60-10-6-8-12-64(60)78(66(62)42-56,50-23-15-46(4-2)16-24-50)52-39-73(85)76(88)74(86)40-52/h3-44H,1-2H2. The molecule has 2 aliphatic carbocycles. The molecule has 14 rings (SSSR count). The summed E-state index contributed by atoms with van der Waals surface area (Å²) in [6.45, 7) is 7.79. The lowest BCUT2D eigenvalue weighted by molar-refractivity contribution is 0.443. The van der Waals surface area contributed by atoms with Gasteiger partial charge in [0.15, 0.2) is 58.2 Å². The fourth-order valence-corrected chi connectivity index (χ4v) is 13.4. The third-order valence-corrected chi connectivity index (χ3v) is 17.5. The highest BCUT2D eigenvalue weighted by molar-refractivity contribution is 5.92. The van der Waals surface area contributed by atoms with Crippen LogP contribution in [0.3, 0.4) is 0 Å². The molecule has 2 nitrogen and oxygen atoms in total. The summed E-state index contributed by atoms with van der Waals surface area (Å²) in [4.78, 5) is 3.44. The van der Waals surface area contributed by atoms with Gasteiger partial charge in [-0.1, -0.05) is 159 Å². The lowest BCUT2D eigenvalue weighted by Crippen LogP contribution is -2.29. The van der Waals surface area contributed by atoms with Crippen LogP contribution in [0.15, 0.2) is 256 Å². The topological polar surface area (TPSA) is 6.48 Å². The third kappa shape index (κ3) is 8.95. The molecule has 0 heterocycles. The van der Waals surface area contributed by atoms with Crippen molar-refractivity contribution in [1.82, 2.24) is 0 Å². The van der Waals surface area contributed by atoms with E-state index in [1.54, 1.807) is 46.2 Å². The van der Waals surface area contributed by atoms with E-state index < -0.39 is 69.0 Å². The Hall–Kier alpha value is -11.0. The van der Waals surface area contributed by atoms with Crippen molar-refractivity contribution in [3.63, 3.8) is 0 Å². The summed E-state index contributed by atoms with van der Waals surface area (Å²) in [5, 5.41) is 0. The van der Waals surface area contributed by atoms with Crippen molar-refractivity contribution >= 4 is 46.3 Å². The maximum atomic E-state index is 15.6. The summed E-state index contributed by atoms with van der Waals surface area (Å²) in [6.07, 6.45) is 3.33. The zero-order valence-electron chi connectivity index (χ0n) is 47.3. The molecule has 0 N–H and O–H groups in total. The molecular formula is C78H46F10N2. The van der Waals surface area contributed by atoms with Gasteiger partial charge in [0.05, 0.1) is 10.8 Å². The highest BCUT2D eigenvalue weighted by atomic mass is 19.2. The van der Waals surface area contributed by atoms with E-state index in [2.05, 4.69) is 13.2 Å². The zero-order chi connectivity index (χ0) is 62.3. The molecule has 0 bridgehead atoms. The molecule has 2 atom stereocenters. The molecule has 0 aromatic heterocycles. The Morgan fingerprint density at radius 3 is 0.911 bits per heavy atom. The molecule has 0 saturated heterocycles. The SMILES string of the molecule is C=Cc1ccc(C2(c3cc(F)c(F)c(F)c3)c3ccccc3-c3ccc(N(c4ccc(-c5ccc(N(c6ccc(F)c(F)c6)c6ccc7c(c6)C(c6ccc(C=C)cc6)(c6cc(F)c(F)c(F)c6)c6ccccc6-7)cc5)cc4)c4ccc(F)c(F)c4)cc32)cc1. The molecular weight excluding hydrogens is 1150 g/mol. The third-order valence-electron chi connectivity index (χ3n) is 17.5. The van der Waals surface area contributed by atoms with Gasteiger partial charge >= 0.3 is 0 Å². The maximum Gasteiger partial charge on any atom is 0.194 e. The van der Waals surface area contributed by atoms with E-state index in [4.69, 9.17) is 0 Å². The van der Waals surface area contributed by atoms with Crippen LogP contribution in [-0.4, -0.2) is 0 Å². The number of rotatable bonds is 13. The Balaban J connectivity index is 0.882. The minimum atomic E-state index is -1.62. The summed E-state index contributed by atoms with van der Waals surface area (Å²) < 4.78 is 153. The molecule has 2 aliphatic rings. The first kappa shape index (κ1) is 56.8. The summed E-state index contributed by atoms with van der Waals surface area (Å²) in [6, 6.07) is 66.1. The summed E-state index contributed by atoms with van der Waals surface area (Å²) in [7, 11) is 0. The molecule has 0 fully saturated rings. The number of halogens is 10. The summed E-state index contributed by atoms with van der Waals surface area (Å²) in [5.74, 6) is -13.1. The van der Waals surface area contributed by atoms with Crippen LogP contribution in [0.25, 0.3) is 45.5 Å². The summed E-state index contributed by atoms with van der Waals surface area (Å²) >= 11 is 0. The summed E-state index contributed by atoms with van der Waals surface area (Å²) in [5.41, 5.74) is 9.30. The number of anilines is 6. The van der Waals surface area contributed by atoms with E-state index in [0.717, 1.165) is 70.8 Å². The Kier molecular flexibility index (Phi) is 13.9. The average Bonchev–Trinajstić information content (AvgIpc) is 1.53. The van der Waals surface area contributed by atoms with E-state index >= 15 is 26.3 Å². The minimum absolute atomic E-state index is 0.111. The van der Waals surface area contributed by atoms with Gasteiger partial charge in [-0.3, -0.25) is 0 Å². The van der Waals surface area contributed by atoms with Gasteiger partial charge in [0.1, 0.15) is 0 Å². The maximum absolute atomic E-state index is 15.6. The first-order valence-corrected chi connectivity index (χ1v) is 28.6. The predicted octanol–water partition coefficient (Wildman–Crippen LogP) is 21.7. The van der Waals surface area contributed by atoms with Crippen molar-refractivity contribution in [3.05, 3.63) is 370 Å². The molecule has 0 aliphatic heterocycles. The number of hydrogen-bond acceptors (Lipinski definition) is 2. The molecule has 0 spiro atoms. The van der Waals surface area contributed by atoms with Crippen molar-refractivity contribution in [2.75, 3.05) is 9.80 Å². The molecule has 12 aromatic carbocycles. The van der Waals surface area contributed by atoms with Crippen molar-refractivity contribution in [2.45, 2.75) is 10.8 Å². The fraction of sp³-hybridized carbons (Fsp3) is 0.0256. The Morgan fingerprint density at radius 2 is 0.567 bits per heavy atom. The largest absolute Gasteiger partial charge is 0.310 e. The molecule has 0 saturated carbocycles. The molecule has 12 heteroatoms. The van der Waals surface area contributed by atoms with Crippen LogP contribution >= 0.6 is 0 Å². The van der Waals surface area contributed by atoms with E-state index in [9.17, 15) is 17.6 Å². The van der Waals surface area contributed by atoms with E-state index in [1.807, 2.05) is 158 Å². The van der Waals surface area contributed by atoms with Gasteiger partial charge in [-0.05, 0) is 186 Å². The van der Waals surface area contributed by atoms with E-state index in [0.29, 0.717) is 78.4 Å². The average molecular weight is 1200 g/mol. The minimum Gasteiger partial charge on any atom is -0.310 e. The van der Waals surface area contributed by atoms with Crippen molar-refractivity contribution in [2.24, 2.45) is 0 Å². The van der Waals surface area contributed by atoms with Crippen LogP contribution < -0.4 is 9.80 Å². The molecule has 0 radical (unpaired) electrons. The van der Waals surface area contributed by atoms with Crippen LogP contribution in [-0.2, 0) is 10.8 Å². The predicted molar refractivity (Wildman–Crippen MR) is 336 cm³/mol. The number of benzene rings is 12. The lowest BCUT2D eigenvalue weighted by atomic mass is 9.67. The molecule has 438 valence electrons. The van der Waals surface area contributed by atoms with Gasteiger partial charge in [-0.2, -0.15) is 0 Å². The first-order valence-electron chi connectivity index (χ1n) is 28.6. The van der Waals surface area contributed by atoms with Crippen molar-refractivity contribution in [3.8, 4) is 33.4 Å². The van der Waals surface area contributed by atoms with Crippen LogP contribution in [0.4, 0.5) is 78.0 Å². The molecule has 2 unspecified atom stereocenters. The highest BCUT2D eigenvalue weighted by Gasteiger charge is 2.49. The van der Waals surface area contributed by atoms with Gasteiger partial charge in [-0.15, -0.1) is 0 Å². The first-order chi connectivity index (χ1) is 43.6. The van der Waals surface area contributed by atoms with Crippen LogP contribution in [0.1, 0.15) is 55.6 Å². The second-order valence-electron chi connectivity index (χ2n) is 22.2. The molecule has 12 aromatic rings. The number of fused-ring (bicyclic) bond motifs is 6. The molecule has 0 amide bonds. The van der Waals surface area contributed by atoms with Crippen molar-refractivity contribution in [1.29, 1.82) is 0 Å². The van der Waals surface area contributed by atoms with Gasteiger partial charge < -0.3 is 9.80 Å². The van der Waals surface area contributed by atoms with Gasteiger partial charge in [0.25, 0.3) is 0 Å². The Bertz CT molecular complexity index is 4530. The normalized spacial score (nSPS) is 15.2. The van der Waals surface area contributed by atoms with Crippen molar-refractivity contribution < 1.29 is 43.9 Å². The fourth-order valence-electron chi connectivity index (χ4n) is 13.4. The van der Waals surface area contributed by atoms with Gasteiger partial charge in [0, 0.05) is 46.3 Å². The number of hydrogen-bond donors (Lipinski definition) is 0. The van der Waals surface area contributed by atoms with Crippen LogP contribution in [0, 0.1) is 58.2 Å². The highest BCUT2D eigenvalue weighted by Crippen LogP contribution is 2.60. The van der Waals surface area contributed by atoms with Crippen LogP contribution in [0.5, 0.6) is 0 Å². The second-order valence-corrected chi connectivity index (χ2v) is 22.2. The number of nitrogens with zero attached hydrogens (tertiary/aromatic N) is 2. The second kappa shape index (κ2) is 22.0. The van der Waals surface area contributed by atoms with Gasteiger partial charge in [0.2, 0.25) is 0 Å². The van der Waals surface area contributed by atoms with E-state index in [1.165, 1.54) is 12.1 Å². The lowest BCUT2D eigenvalue weighted by Gasteiger charge is -2.35. The quantitative estimate of drug-likeness (QED) is 0.0839. The van der Waals surface area contributed by atoms with Crippen LogP contribution in [0.2, 0.25) is 0 Å². The smallest absolute Gasteiger partial charge is 0.194 e. The Labute approximate surface area is 511 Å².